The number of carbonyl (C=O) groups is 1. The molecule has 1 aliphatic heterocycles. The van der Waals surface area contributed by atoms with E-state index in [-0.39, 0.29) is 22.8 Å². The van der Waals surface area contributed by atoms with Gasteiger partial charge in [-0.1, -0.05) is 24.3 Å². The fourth-order valence-electron chi connectivity index (χ4n) is 3.30. The largest absolute Gasteiger partial charge is 0.457 e. The van der Waals surface area contributed by atoms with E-state index in [1.165, 1.54) is 18.2 Å². The number of nitrogens with one attached hydrogen (secondary N) is 1. The molecule has 10 heteroatoms. The lowest BCUT2D eigenvalue weighted by Gasteiger charge is -2.17. The molecule has 3 aromatic carbocycles. The Morgan fingerprint density at radius 1 is 0.938 bits per heavy atom. The summed E-state index contributed by atoms with van der Waals surface area (Å²) in [6, 6.07) is 19.6. The van der Waals surface area contributed by atoms with E-state index < -0.39 is 26.0 Å². The highest BCUT2D eigenvalue weighted by molar-refractivity contribution is 7.94. The maximum absolute atomic E-state index is 13.0. The van der Waals surface area contributed by atoms with Crippen LogP contribution in [-0.4, -0.2) is 28.5 Å². The lowest BCUT2D eigenvalue weighted by Crippen LogP contribution is -2.29. The molecule has 0 atom stereocenters. The summed E-state index contributed by atoms with van der Waals surface area (Å²) < 4.78 is 59.3. The molecule has 0 saturated carbocycles. The second kappa shape index (κ2) is 8.29. The number of carbonyl (C=O) groups excluding carboxylic acids is 1. The molecular formula is C22H20N2O6S2. The first kappa shape index (κ1) is 21.8. The van der Waals surface area contributed by atoms with Crippen LogP contribution in [0.5, 0.6) is 11.5 Å². The smallest absolute Gasteiger partial charge is 0.262 e. The predicted molar refractivity (Wildman–Crippen MR) is 121 cm³/mol. The van der Waals surface area contributed by atoms with Gasteiger partial charge in [-0.3, -0.25) is 9.52 Å². The zero-order chi connectivity index (χ0) is 22.9. The number of hydrogen-bond donors (Lipinski definition) is 1. The van der Waals surface area contributed by atoms with Gasteiger partial charge in [-0.25, -0.2) is 21.1 Å². The molecule has 0 spiro atoms. The van der Waals surface area contributed by atoms with Crippen molar-refractivity contribution in [1.82, 2.24) is 0 Å². The molecule has 32 heavy (non-hydrogen) atoms. The van der Waals surface area contributed by atoms with Crippen molar-refractivity contribution >= 4 is 37.3 Å². The Hall–Kier alpha value is -3.37. The van der Waals surface area contributed by atoms with Gasteiger partial charge in [0.05, 0.1) is 16.3 Å². The molecule has 0 bridgehead atoms. The van der Waals surface area contributed by atoms with Crippen molar-refractivity contribution < 1.29 is 26.4 Å². The molecule has 166 valence electrons. The molecule has 8 nitrogen and oxygen atoms in total. The first-order valence-corrected chi connectivity index (χ1v) is 12.8. The van der Waals surface area contributed by atoms with Gasteiger partial charge >= 0.3 is 0 Å². The van der Waals surface area contributed by atoms with Crippen molar-refractivity contribution in [3.63, 3.8) is 0 Å². The van der Waals surface area contributed by atoms with Gasteiger partial charge < -0.3 is 4.74 Å². The normalized spacial score (nSPS) is 15.5. The van der Waals surface area contributed by atoms with E-state index in [2.05, 4.69) is 4.72 Å². The van der Waals surface area contributed by atoms with E-state index in [1.54, 1.807) is 43.3 Å². The van der Waals surface area contributed by atoms with Gasteiger partial charge in [0.15, 0.2) is 0 Å². The number of ether oxygens (including phenoxy) is 1. The summed E-state index contributed by atoms with van der Waals surface area (Å²) in [5, 5.41) is 0. The van der Waals surface area contributed by atoms with Gasteiger partial charge in [0, 0.05) is 12.1 Å². The second-order valence-electron chi connectivity index (χ2n) is 7.22. The van der Waals surface area contributed by atoms with Crippen LogP contribution in [0.4, 0.5) is 11.4 Å². The summed E-state index contributed by atoms with van der Waals surface area (Å²) in [6.07, 6.45) is -0.131. The molecule has 4 rings (SSSR count). The zero-order valence-corrected chi connectivity index (χ0v) is 18.7. The number of sulfonamides is 2. The highest BCUT2D eigenvalue weighted by atomic mass is 32.2. The number of anilines is 2. The maximum atomic E-state index is 13.0. The Morgan fingerprint density at radius 3 is 2.22 bits per heavy atom. The van der Waals surface area contributed by atoms with Gasteiger partial charge in [-0.15, -0.1) is 0 Å². The number of amides is 1. The van der Waals surface area contributed by atoms with E-state index in [0.29, 0.717) is 27.1 Å². The van der Waals surface area contributed by atoms with Gasteiger partial charge in [-0.05, 0) is 61.0 Å². The third kappa shape index (κ3) is 4.46. The third-order valence-electron chi connectivity index (χ3n) is 4.86. The minimum atomic E-state index is -4.05. The van der Waals surface area contributed by atoms with E-state index in [0.717, 1.165) is 0 Å². The SMILES string of the molecule is Cc1ccc(N2C(=O)CCS2(=O)=O)cc1S(=O)(=O)Nc1ccc(Oc2ccccc2)cc1. The molecule has 1 fully saturated rings. The fourth-order valence-corrected chi connectivity index (χ4v) is 6.07. The Kier molecular flexibility index (Phi) is 5.66. The number of aryl methyl sites for hydroxylation is 1. The molecule has 0 aliphatic carbocycles. The molecule has 0 aromatic heterocycles. The number of para-hydroxylation sites is 1. The summed E-state index contributed by atoms with van der Waals surface area (Å²) in [7, 11) is -7.85. The zero-order valence-electron chi connectivity index (χ0n) is 17.1. The van der Waals surface area contributed by atoms with Gasteiger partial charge in [-0.2, -0.15) is 0 Å². The molecule has 1 N–H and O–H groups in total. The van der Waals surface area contributed by atoms with E-state index in [1.807, 2.05) is 18.2 Å². The summed E-state index contributed by atoms with van der Waals surface area (Å²) in [6.45, 7) is 1.59. The molecule has 0 radical (unpaired) electrons. The monoisotopic (exact) mass is 472 g/mol. The Balaban J connectivity index is 1.58. The predicted octanol–water partition coefficient (Wildman–Crippen LogP) is 3.65. The van der Waals surface area contributed by atoms with E-state index in [9.17, 15) is 21.6 Å². The van der Waals surface area contributed by atoms with Crippen LogP contribution in [0.15, 0.2) is 77.7 Å². The van der Waals surface area contributed by atoms with Crippen molar-refractivity contribution in [2.45, 2.75) is 18.2 Å². The Labute approximate surface area is 186 Å². The van der Waals surface area contributed by atoms with Crippen LogP contribution in [0.2, 0.25) is 0 Å². The molecule has 0 unspecified atom stereocenters. The van der Waals surface area contributed by atoms with Crippen molar-refractivity contribution in [2.24, 2.45) is 0 Å². The number of hydrogen-bond acceptors (Lipinski definition) is 6. The fraction of sp³-hybridized carbons (Fsp3) is 0.136. The first-order chi connectivity index (χ1) is 15.2. The summed E-state index contributed by atoms with van der Waals surface area (Å²) in [4.78, 5) is 11.9. The molecule has 1 heterocycles. The minimum absolute atomic E-state index is 0.00471. The lowest BCUT2D eigenvalue weighted by molar-refractivity contribution is -0.116. The van der Waals surface area contributed by atoms with Crippen molar-refractivity contribution in [2.75, 3.05) is 14.8 Å². The topological polar surface area (TPSA) is 110 Å². The molecule has 1 amide bonds. The van der Waals surface area contributed by atoms with E-state index >= 15 is 0 Å². The van der Waals surface area contributed by atoms with Crippen LogP contribution >= 0.6 is 0 Å². The average Bonchev–Trinajstić information content (AvgIpc) is 3.03. The lowest BCUT2D eigenvalue weighted by atomic mass is 10.2. The average molecular weight is 473 g/mol. The summed E-state index contributed by atoms with van der Waals surface area (Å²) >= 11 is 0. The van der Waals surface area contributed by atoms with Crippen LogP contribution in [0, 0.1) is 6.92 Å². The van der Waals surface area contributed by atoms with Crippen LogP contribution < -0.4 is 13.8 Å². The van der Waals surface area contributed by atoms with Crippen LogP contribution in [0.25, 0.3) is 0 Å². The van der Waals surface area contributed by atoms with Crippen LogP contribution in [0.3, 0.4) is 0 Å². The number of rotatable bonds is 6. The minimum Gasteiger partial charge on any atom is -0.457 e. The summed E-state index contributed by atoms with van der Waals surface area (Å²) in [5.74, 6) is 0.311. The van der Waals surface area contributed by atoms with Crippen LogP contribution in [0.1, 0.15) is 12.0 Å². The van der Waals surface area contributed by atoms with Gasteiger partial charge in [0.25, 0.3) is 10.0 Å². The third-order valence-corrected chi connectivity index (χ3v) is 8.07. The first-order valence-electron chi connectivity index (χ1n) is 9.68. The maximum Gasteiger partial charge on any atom is 0.262 e. The molecule has 1 saturated heterocycles. The van der Waals surface area contributed by atoms with Gasteiger partial charge in [0.1, 0.15) is 11.5 Å². The highest BCUT2D eigenvalue weighted by Crippen LogP contribution is 2.30. The van der Waals surface area contributed by atoms with Crippen LogP contribution in [-0.2, 0) is 24.8 Å². The number of benzene rings is 3. The number of nitrogens with zero attached hydrogens (tertiary/aromatic N) is 1. The quantitative estimate of drug-likeness (QED) is 0.586. The molecular weight excluding hydrogens is 452 g/mol. The summed E-state index contributed by atoms with van der Waals surface area (Å²) in [5.41, 5.74) is 0.722. The molecule has 1 aliphatic rings. The highest BCUT2D eigenvalue weighted by Gasteiger charge is 2.37. The van der Waals surface area contributed by atoms with E-state index in [4.69, 9.17) is 4.74 Å². The second-order valence-corrected chi connectivity index (χ2v) is 10.8. The van der Waals surface area contributed by atoms with Crippen molar-refractivity contribution in [3.05, 3.63) is 78.4 Å². The standard InChI is InChI=1S/C22H20N2O6S2/c1-16-7-10-18(24-22(25)13-14-31(24,26)27)15-21(16)32(28,29)23-17-8-11-20(12-9-17)30-19-5-3-2-4-6-19/h2-12,15,23H,13-14H2,1H3. The van der Waals surface area contributed by atoms with Gasteiger partial charge in [0.2, 0.25) is 15.9 Å². The van der Waals surface area contributed by atoms with Crippen molar-refractivity contribution in [1.29, 1.82) is 0 Å². The van der Waals surface area contributed by atoms with Crippen molar-refractivity contribution in [3.8, 4) is 11.5 Å². The Morgan fingerprint density at radius 2 is 1.59 bits per heavy atom. The Bertz CT molecular complexity index is 1370. The molecule has 3 aromatic rings.